The number of ether oxygens (including phenoxy) is 1. The minimum absolute atomic E-state index is 0.302. The monoisotopic (exact) mass is 356 g/mol. The van der Waals surface area contributed by atoms with Gasteiger partial charge < -0.3 is 15.8 Å². The van der Waals surface area contributed by atoms with E-state index in [0.29, 0.717) is 28.2 Å². The highest BCUT2D eigenvalue weighted by atomic mass is 79.9. The molecule has 0 saturated carbocycles. The number of halogens is 1. The maximum atomic E-state index is 12.0. The Labute approximate surface area is 133 Å². The molecule has 1 amide bonds. The lowest BCUT2D eigenvalue weighted by Gasteiger charge is -2.14. The molecule has 0 spiro atoms. The fraction of sp³-hybridized carbons (Fsp3) is 0.467. The molecule has 116 valence electrons. The number of nitrogen functional groups attached to an aromatic ring is 1. The Morgan fingerprint density at radius 3 is 2.62 bits per heavy atom. The van der Waals surface area contributed by atoms with E-state index in [-0.39, 0.29) is 5.91 Å². The smallest absolute Gasteiger partial charge is 0.340 e. The van der Waals surface area contributed by atoms with Crippen LogP contribution in [0.4, 0.5) is 5.69 Å². The largest absolute Gasteiger partial charge is 0.449 e. The lowest BCUT2D eigenvalue weighted by molar-refractivity contribution is -0.129. The predicted molar refractivity (Wildman–Crippen MR) is 85.9 cm³/mol. The van der Waals surface area contributed by atoms with Crippen LogP contribution in [-0.2, 0) is 9.53 Å². The number of carbonyl (C=O) groups excluding carboxylic acids is 2. The number of hydrogen-bond acceptors (Lipinski definition) is 4. The Morgan fingerprint density at radius 1 is 1.33 bits per heavy atom. The fourth-order valence-corrected chi connectivity index (χ4v) is 2.01. The van der Waals surface area contributed by atoms with Gasteiger partial charge in [-0.05, 0) is 53.4 Å². The second-order valence-corrected chi connectivity index (χ2v) is 6.11. The second-order valence-electron chi connectivity index (χ2n) is 5.26. The van der Waals surface area contributed by atoms with E-state index in [0.717, 1.165) is 6.42 Å². The number of rotatable bonds is 6. The van der Waals surface area contributed by atoms with Crippen LogP contribution in [0.1, 0.15) is 37.6 Å². The van der Waals surface area contributed by atoms with Gasteiger partial charge in [0.2, 0.25) is 0 Å². The first-order valence-corrected chi connectivity index (χ1v) is 7.64. The van der Waals surface area contributed by atoms with Gasteiger partial charge in [-0.1, -0.05) is 13.8 Å². The molecule has 0 aromatic heterocycles. The lowest BCUT2D eigenvalue weighted by atomic mass is 10.1. The molecule has 21 heavy (non-hydrogen) atoms. The van der Waals surface area contributed by atoms with Gasteiger partial charge in [0.15, 0.2) is 6.10 Å². The summed E-state index contributed by atoms with van der Waals surface area (Å²) in [6.07, 6.45) is 0.0330. The molecule has 6 heteroatoms. The maximum Gasteiger partial charge on any atom is 0.340 e. The zero-order valence-corrected chi connectivity index (χ0v) is 14.1. The van der Waals surface area contributed by atoms with Crippen LogP contribution in [0.3, 0.4) is 0 Å². The Bertz CT molecular complexity index is 518. The van der Waals surface area contributed by atoms with E-state index < -0.39 is 12.1 Å². The summed E-state index contributed by atoms with van der Waals surface area (Å²) >= 11 is 3.26. The summed E-state index contributed by atoms with van der Waals surface area (Å²) in [4.78, 5) is 23.8. The first-order valence-electron chi connectivity index (χ1n) is 6.85. The van der Waals surface area contributed by atoms with Crippen molar-refractivity contribution in [2.75, 3.05) is 12.3 Å². The topological polar surface area (TPSA) is 81.4 Å². The highest BCUT2D eigenvalue weighted by Gasteiger charge is 2.20. The van der Waals surface area contributed by atoms with Crippen molar-refractivity contribution >= 4 is 33.5 Å². The van der Waals surface area contributed by atoms with Crippen LogP contribution in [0.2, 0.25) is 0 Å². The van der Waals surface area contributed by atoms with Gasteiger partial charge in [0.1, 0.15) is 0 Å². The Hall–Kier alpha value is -1.56. The van der Waals surface area contributed by atoms with Crippen molar-refractivity contribution in [1.29, 1.82) is 0 Å². The first kappa shape index (κ1) is 17.5. The van der Waals surface area contributed by atoms with Gasteiger partial charge in [0.25, 0.3) is 5.91 Å². The summed E-state index contributed by atoms with van der Waals surface area (Å²) in [5.41, 5.74) is 6.40. The molecule has 1 unspecified atom stereocenters. The summed E-state index contributed by atoms with van der Waals surface area (Å²) in [7, 11) is 0. The van der Waals surface area contributed by atoms with Gasteiger partial charge in [0.05, 0.1) is 5.56 Å². The third-order valence-electron chi connectivity index (χ3n) is 2.88. The molecule has 0 aliphatic rings. The van der Waals surface area contributed by atoms with Crippen molar-refractivity contribution in [3.8, 4) is 0 Å². The molecule has 0 saturated heterocycles. The molecule has 0 aliphatic heterocycles. The second kappa shape index (κ2) is 8.02. The van der Waals surface area contributed by atoms with Crippen molar-refractivity contribution in [2.45, 2.75) is 33.3 Å². The number of benzene rings is 1. The average Bonchev–Trinajstić information content (AvgIpc) is 2.40. The van der Waals surface area contributed by atoms with Gasteiger partial charge in [0, 0.05) is 16.7 Å². The van der Waals surface area contributed by atoms with Crippen LogP contribution >= 0.6 is 15.9 Å². The molecule has 0 aliphatic carbocycles. The number of amides is 1. The van der Waals surface area contributed by atoms with E-state index in [1.165, 1.54) is 6.07 Å². The average molecular weight is 357 g/mol. The molecular weight excluding hydrogens is 336 g/mol. The molecule has 3 N–H and O–H groups in total. The van der Waals surface area contributed by atoms with Gasteiger partial charge in [-0.2, -0.15) is 0 Å². The van der Waals surface area contributed by atoms with Crippen LogP contribution < -0.4 is 11.1 Å². The summed E-state index contributed by atoms with van der Waals surface area (Å²) in [5, 5.41) is 2.74. The third-order valence-corrected chi connectivity index (χ3v) is 3.58. The van der Waals surface area contributed by atoms with Crippen molar-refractivity contribution in [3.05, 3.63) is 28.2 Å². The van der Waals surface area contributed by atoms with Crippen molar-refractivity contribution < 1.29 is 14.3 Å². The zero-order valence-electron chi connectivity index (χ0n) is 12.5. The summed E-state index contributed by atoms with van der Waals surface area (Å²) in [6, 6.07) is 4.85. The molecular formula is C15H21BrN2O3. The van der Waals surface area contributed by atoms with Gasteiger partial charge in [-0.25, -0.2) is 4.79 Å². The maximum absolute atomic E-state index is 12.0. The van der Waals surface area contributed by atoms with Crippen molar-refractivity contribution in [1.82, 2.24) is 5.32 Å². The van der Waals surface area contributed by atoms with Gasteiger partial charge in [-0.3, -0.25) is 4.79 Å². The Morgan fingerprint density at radius 2 is 2.00 bits per heavy atom. The minimum atomic E-state index is -0.849. The molecule has 1 rings (SSSR count). The van der Waals surface area contributed by atoms with Crippen LogP contribution in [-0.4, -0.2) is 24.5 Å². The molecule has 0 radical (unpaired) electrons. The van der Waals surface area contributed by atoms with E-state index in [4.69, 9.17) is 10.5 Å². The number of nitrogens with two attached hydrogens (primary N) is 1. The number of esters is 1. The first-order chi connectivity index (χ1) is 9.81. The van der Waals surface area contributed by atoms with Crippen LogP contribution in [0.25, 0.3) is 0 Å². The Kier molecular flexibility index (Phi) is 6.68. The van der Waals surface area contributed by atoms with E-state index in [1.54, 1.807) is 19.1 Å². The standard InChI is InChI=1S/C15H21BrN2O3/c1-9(2)6-7-18-14(19)10(3)21-15(20)12-8-11(17)4-5-13(12)16/h4-5,8-10H,6-7,17H2,1-3H3,(H,18,19). The van der Waals surface area contributed by atoms with Crippen LogP contribution in [0, 0.1) is 5.92 Å². The van der Waals surface area contributed by atoms with Gasteiger partial charge >= 0.3 is 5.97 Å². The minimum Gasteiger partial charge on any atom is -0.449 e. The number of carbonyl (C=O) groups is 2. The van der Waals surface area contributed by atoms with E-state index in [2.05, 4.69) is 35.1 Å². The molecule has 0 bridgehead atoms. The van der Waals surface area contributed by atoms with Crippen LogP contribution in [0.15, 0.2) is 22.7 Å². The van der Waals surface area contributed by atoms with Gasteiger partial charge in [-0.15, -0.1) is 0 Å². The fourth-order valence-electron chi connectivity index (χ4n) is 1.60. The highest BCUT2D eigenvalue weighted by molar-refractivity contribution is 9.10. The molecule has 1 aromatic carbocycles. The van der Waals surface area contributed by atoms with Crippen LogP contribution in [0.5, 0.6) is 0 Å². The molecule has 1 atom stereocenters. The van der Waals surface area contributed by atoms with E-state index >= 15 is 0 Å². The lowest BCUT2D eigenvalue weighted by Crippen LogP contribution is -2.36. The number of anilines is 1. The summed E-state index contributed by atoms with van der Waals surface area (Å²) in [5.74, 6) is -0.379. The summed E-state index contributed by atoms with van der Waals surface area (Å²) in [6.45, 7) is 6.27. The summed E-state index contributed by atoms with van der Waals surface area (Å²) < 4.78 is 5.73. The van der Waals surface area contributed by atoms with E-state index in [9.17, 15) is 9.59 Å². The molecule has 0 fully saturated rings. The zero-order chi connectivity index (χ0) is 16.0. The predicted octanol–water partition coefficient (Wildman–Crippen LogP) is 2.74. The third kappa shape index (κ3) is 5.75. The van der Waals surface area contributed by atoms with E-state index in [1.807, 2.05) is 0 Å². The molecule has 5 nitrogen and oxygen atoms in total. The molecule has 1 aromatic rings. The quantitative estimate of drug-likeness (QED) is 0.606. The SMILES string of the molecule is CC(C)CCNC(=O)C(C)OC(=O)c1cc(N)ccc1Br. The number of nitrogens with one attached hydrogen (secondary N) is 1. The normalized spacial score (nSPS) is 12.0. The number of hydrogen-bond donors (Lipinski definition) is 2. The van der Waals surface area contributed by atoms with Crippen molar-refractivity contribution in [2.24, 2.45) is 5.92 Å². The highest BCUT2D eigenvalue weighted by Crippen LogP contribution is 2.20. The van der Waals surface area contributed by atoms with Crippen molar-refractivity contribution in [3.63, 3.8) is 0 Å². The molecule has 0 heterocycles. The Balaban J connectivity index is 2.57.